The van der Waals surface area contributed by atoms with Gasteiger partial charge in [0.2, 0.25) is 0 Å². The van der Waals surface area contributed by atoms with Gasteiger partial charge in [-0.2, -0.15) is 0 Å². The summed E-state index contributed by atoms with van der Waals surface area (Å²) < 4.78 is 6.91. The van der Waals surface area contributed by atoms with Crippen molar-refractivity contribution in [1.29, 1.82) is 0 Å². The molecule has 0 amide bonds. The highest BCUT2D eigenvalue weighted by atomic mass is 16.6. The molecule has 19 heavy (non-hydrogen) atoms. The van der Waals surface area contributed by atoms with Crippen LogP contribution in [0.2, 0.25) is 0 Å². The van der Waals surface area contributed by atoms with Crippen molar-refractivity contribution in [2.45, 2.75) is 20.0 Å². The quantitative estimate of drug-likeness (QED) is 0.776. The van der Waals surface area contributed by atoms with Crippen LogP contribution in [0.3, 0.4) is 0 Å². The molecule has 0 aliphatic carbocycles. The summed E-state index contributed by atoms with van der Waals surface area (Å²) in [6.07, 6.45) is 2.07. The first-order valence-corrected chi connectivity index (χ1v) is 6.28. The molecule has 1 aromatic carbocycles. The van der Waals surface area contributed by atoms with Crippen LogP contribution in [0.25, 0.3) is 10.9 Å². The van der Waals surface area contributed by atoms with Crippen molar-refractivity contribution in [2.24, 2.45) is 0 Å². The summed E-state index contributed by atoms with van der Waals surface area (Å²) in [6.45, 7) is 3.46. The minimum atomic E-state index is 0.682. The van der Waals surface area contributed by atoms with Crippen molar-refractivity contribution in [2.75, 3.05) is 7.05 Å². The van der Waals surface area contributed by atoms with Crippen molar-refractivity contribution in [1.82, 2.24) is 20.2 Å². The molecule has 0 spiro atoms. The Bertz CT molecular complexity index is 698. The number of nitrogens with one attached hydrogen (secondary N) is 1. The van der Waals surface area contributed by atoms with Gasteiger partial charge >= 0.3 is 0 Å². The summed E-state index contributed by atoms with van der Waals surface area (Å²) >= 11 is 0. The molecule has 2 heterocycles. The Kier molecular flexibility index (Phi) is 3.05. The first-order chi connectivity index (χ1) is 9.28. The predicted octanol–water partition coefficient (Wildman–Crippen LogP) is 2.10. The first-order valence-electron chi connectivity index (χ1n) is 6.28. The first kappa shape index (κ1) is 11.9. The second-order valence-corrected chi connectivity index (χ2v) is 4.66. The molecule has 0 saturated carbocycles. The van der Waals surface area contributed by atoms with Gasteiger partial charge in [0.15, 0.2) is 0 Å². The Labute approximate surface area is 111 Å². The van der Waals surface area contributed by atoms with E-state index in [1.54, 1.807) is 0 Å². The Morgan fingerprint density at radius 1 is 1.26 bits per heavy atom. The van der Waals surface area contributed by atoms with Crippen LogP contribution in [0.5, 0.6) is 0 Å². The number of fused-ring (bicyclic) bond motifs is 1. The van der Waals surface area contributed by atoms with Crippen LogP contribution in [-0.4, -0.2) is 21.9 Å². The van der Waals surface area contributed by atoms with E-state index < -0.39 is 0 Å². The van der Waals surface area contributed by atoms with Gasteiger partial charge in [-0.05, 0) is 37.1 Å². The third kappa shape index (κ3) is 2.24. The monoisotopic (exact) mass is 256 g/mol. The molecule has 0 bridgehead atoms. The molecule has 0 aliphatic heterocycles. The zero-order chi connectivity index (χ0) is 13.2. The van der Waals surface area contributed by atoms with E-state index in [0.717, 1.165) is 17.9 Å². The van der Waals surface area contributed by atoms with E-state index in [2.05, 4.69) is 50.7 Å². The standard InChI is InChI=1S/C14H16N4O/c1-10-13(17-19-16-10)9-18-6-5-12-4-3-11(8-15-2)7-14(12)18/h3-7,15H,8-9H2,1-2H3. The highest BCUT2D eigenvalue weighted by Crippen LogP contribution is 2.19. The number of nitrogens with zero attached hydrogens (tertiary/aromatic N) is 3. The molecule has 2 aromatic heterocycles. The largest absolute Gasteiger partial charge is 0.341 e. The number of aromatic nitrogens is 3. The molecule has 5 heteroatoms. The zero-order valence-corrected chi connectivity index (χ0v) is 11.1. The minimum Gasteiger partial charge on any atom is -0.341 e. The van der Waals surface area contributed by atoms with Gasteiger partial charge in [0.25, 0.3) is 0 Å². The summed E-state index contributed by atoms with van der Waals surface area (Å²) in [5.74, 6) is 0. The van der Waals surface area contributed by atoms with E-state index in [0.29, 0.717) is 6.54 Å². The number of hydrogen-bond donors (Lipinski definition) is 1. The third-order valence-corrected chi connectivity index (χ3v) is 3.29. The lowest BCUT2D eigenvalue weighted by Gasteiger charge is -2.05. The van der Waals surface area contributed by atoms with E-state index in [1.807, 2.05) is 14.0 Å². The van der Waals surface area contributed by atoms with Crippen molar-refractivity contribution in [3.8, 4) is 0 Å². The van der Waals surface area contributed by atoms with Gasteiger partial charge in [0.1, 0.15) is 11.4 Å². The van der Waals surface area contributed by atoms with Crippen molar-refractivity contribution in [3.63, 3.8) is 0 Å². The second kappa shape index (κ2) is 4.85. The Morgan fingerprint density at radius 3 is 2.89 bits per heavy atom. The normalized spacial score (nSPS) is 11.3. The molecule has 0 atom stereocenters. The number of aryl methyl sites for hydroxylation is 1. The van der Waals surface area contributed by atoms with Gasteiger partial charge in [-0.15, -0.1) is 0 Å². The molecule has 1 N–H and O–H groups in total. The van der Waals surface area contributed by atoms with Crippen LogP contribution in [0, 0.1) is 6.92 Å². The highest BCUT2D eigenvalue weighted by Gasteiger charge is 2.08. The van der Waals surface area contributed by atoms with Gasteiger partial charge in [0.05, 0.1) is 6.54 Å². The molecule has 0 aliphatic rings. The molecule has 3 aromatic rings. The second-order valence-electron chi connectivity index (χ2n) is 4.66. The highest BCUT2D eigenvalue weighted by molar-refractivity contribution is 5.80. The van der Waals surface area contributed by atoms with Crippen LogP contribution in [0.1, 0.15) is 17.0 Å². The maximum atomic E-state index is 4.75. The fourth-order valence-corrected chi connectivity index (χ4v) is 2.24. The summed E-state index contributed by atoms with van der Waals surface area (Å²) in [5, 5.41) is 12.2. The lowest BCUT2D eigenvalue weighted by Crippen LogP contribution is -2.05. The molecule has 0 saturated heterocycles. The lowest BCUT2D eigenvalue weighted by molar-refractivity contribution is 0.300. The number of hydrogen-bond acceptors (Lipinski definition) is 4. The SMILES string of the molecule is CNCc1ccc2ccn(Cc3nonc3C)c2c1. The maximum absolute atomic E-state index is 4.75. The smallest absolute Gasteiger partial charge is 0.127 e. The molecule has 0 unspecified atom stereocenters. The third-order valence-electron chi connectivity index (χ3n) is 3.29. The summed E-state index contributed by atoms with van der Waals surface area (Å²) in [4.78, 5) is 0. The van der Waals surface area contributed by atoms with E-state index >= 15 is 0 Å². The lowest BCUT2D eigenvalue weighted by atomic mass is 10.1. The van der Waals surface area contributed by atoms with Crippen molar-refractivity contribution < 1.29 is 4.63 Å². The van der Waals surface area contributed by atoms with Gasteiger partial charge in [-0.3, -0.25) is 0 Å². The molecular weight excluding hydrogens is 240 g/mol. The van der Waals surface area contributed by atoms with Crippen LogP contribution in [0.4, 0.5) is 0 Å². The maximum Gasteiger partial charge on any atom is 0.127 e. The summed E-state index contributed by atoms with van der Waals surface area (Å²) in [6, 6.07) is 8.61. The van der Waals surface area contributed by atoms with E-state index in [1.165, 1.54) is 16.5 Å². The fourth-order valence-electron chi connectivity index (χ4n) is 2.24. The van der Waals surface area contributed by atoms with E-state index in [-0.39, 0.29) is 0 Å². The summed E-state index contributed by atoms with van der Waals surface area (Å²) in [7, 11) is 1.95. The average molecular weight is 256 g/mol. The van der Waals surface area contributed by atoms with Gasteiger partial charge in [0, 0.05) is 18.3 Å². The van der Waals surface area contributed by atoms with Gasteiger partial charge < -0.3 is 9.88 Å². The van der Waals surface area contributed by atoms with Crippen molar-refractivity contribution >= 4 is 10.9 Å². The fraction of sp³-hybridized carbons (Fsp3) is 0.286. The number of rotatable bonds is 4. The van der Waals surface area contributed by atoms with Crippen LogP contribution >= 0.6 is 0 Å². The molecular formula is C14H16N4O. The molecule has 0 fully saturated rings. The molecule has 0 radical (unpaired) electrons. The van der Waals surface area contributed by atoms with E-state index in [9.17, 15) is 0 Å². The van der Waals surface area contributed by atoms with Gasteiger partial charge in [-0.25, -0.2) is 4.63 Å². The van der Waals surface area contributed by atoms with Gasteiger partial charge in [-0.1, -0.05) is 22.4 Å². The minimum absolute atomic E-state index is 0.682. The predicted molar refractivity (Wildman–Crippen MR) is 72.8 cm³/mol. The van der Waals surface area contributed by atoms with Crippen LogP contribution in [-0.2, 0) is 13.1 Å². The summed E-state index contributed by atoms with van der Waals surface area (Å²) in [5.41, 5.74) is 4.19. The Morgan fingerprint density at radius 2 is 2.16 bits per heavy atom. The number of benzene rings is 1. The average Bonchev–Trinajstić information content (AvgIpc) is 2.98. The molecule has 98 valence electrons. The topological polar surface area (TPSA) is 55.9 Å². The van der Waals surface area contributed by atoms with Crippen molar-refractivity contribution in [3.05, 3.63) is 47.4 Å². The Hall–Kier alpha value is -2.14. The molecule has 5 nitrogen and oxygen atoms in total. The van der Waals surface area contributed by atoms with E-state index in [4.69, 9.17) is 4.63 Å². The van der Waals surface area contributed by atoms with Crippen LogP contribution < -0.4 is 5.32 Å². The van der Waals surface area contributed by atoms with Crippen LogP contribution in [0.15, 0.2) is 35.1 Å². The molecule has 3 rings (SSSR count). The Balaban J connectivity index is 1.99. The zero-order valence-electron chi connectivity index (χ0n) is 11.1.